The minimum atomic E-state index is -0.692. The Morgan fingerprint density at radius 1 is 0.969 bits per heavy atom. The Hall–Kier alpha value is -0.615. The lowest BCUT2D eigenvalue weighted by Crippen LogP contribution is -2.46. The zero-order valence-electron chi connectivity index (χ0n) is 23.2. The van der Waals surface area contributed by atoms with E-state index >= 15 is 0 Å². The van der Waals surface area contributed by atoms with E-state index in [4.69, 9.17) is 14.1 Å². The van der Waals surface area contributed by atoms with Crippen LogP contribution in [-0.4, -0.2) is 43.8 Å². The lowest BCUT2D eigenvalue weighted by Gasteiger charge is -2.38. The van der Waals surface area contributed by atoms with Crippen molar-refractivity contribution in [2.75, 3.05) is 13.7 Å². The number of hydrogen-bond donors (Lipinski definition) is 1. The molecule has 0 aliphatic heterocycles. The van der Waals surface area contributed by atoms with E-state index < -0.39 is 11.9 Å². The zero-order chi connectivity index (χ0) is 25.2. The fourth-order valence-corrected chi connectivity index (χ4v) is 3.48. The van der Waals surface area contributed by atoms with Crippen LogP contribution in [0.4, 0.5) is 0 Å². The van der Waals surface area contributed by atoms with Crippen LogP contribution >= 0.6 is 0 Å². The van der Waals surface area contributed by atoms with Crippen LogP contribution in [0.3, 0.4) is 0 Å². The summed E-state index contributed by atoms with van der Waals surface area (Å²) in [7, 11) is 3.32. The molecule has 187 valence electrons. The highest BCUT2D eigenvalue weighted by Gasteiger charge is 2.35. The lowest BCUT2D eigenvalue weighted by molar-refractivity contribution is -0.244. The molecular weight excluding hydrogens is 399 g/mol. The Kier molecular flexibility index (Phi) is 13.1. The van der Waals surface area contributed by atoms with Crippen molar-refractivity contribution in [2.24, 2.45) is 16.7 Å². The van der Waals surface area contributed by atoms with Gasteiger partial charge in [-0.05, 0) is 64.2 Å². The number of ether oxygens (including phenoxy) is 2. The van der Waals surface area contributed by atoms with Crippen molar-refractivity contribution >= 4 is 7.48 Å². The molecule has 2 atom stereocenters. The SMILES string of the molecule is CCC(C)(C)CC(C/C=C\C([B]OC(C)(C)C(OC)OC(C)(C)C)=C/CO)C(C)(C)CC. The van der Waals surface area contributed by atoms with Gasteiger partial charge in [-0.2, -0.15) is 0 Å². The van der Waals surface area contributed by atoms with Crippen molar-refractivity contribution < 1.29 is 19.2 Å². The summed E-state index contributed by atoms with van der Waals surface area (Å²) in [5.41, 5.74) is 0.404. The summed E-state index contributed by atoms with van der Waals surface area (Å²) in [5, 5.41) is 9.50. The second-order valence-electron chi connectivity index (χ2n) is 11.9. The number of aliphatic hydroxyl groups is 1. The van der Waals surface area contributed by atoms with Gasteiger partial charge in [0.2, 0.25) is 0 Å². The third-order valence-electron chi connectivity index (χ3n) is 6.57. The van der Waals surface area contributed by atoms with Crippen LogP contribution in [0.2, 0.25) is 0 Å². The Bertz CT molecular complexity index is 585. The predicted octanol–water partition coefficient (Wildman–Crippen LogP) is 6.89. The molecule has 0 aliphatic carbocycles. The molecule has 0 aromatic rings. The maximum Gasteiger partial charge on any atom is 0.330 e. The molecule has 0 aliphatic rings. The summed E-state index contributed by atoms with van der Waals surface area (Å²) in [6, 6.07) is 0. The molecular formula is C27H52BO4. The van der Waals surface area contributed by atoms with Gasteiger partial charge in [0.25, 0.3) is 0 Å². The van der Waals surface area contributed by atoms with Crippen molar-refractivity contribution in [3.05, 3.63) is 23.7 Å². The van der Waals surface area contributed by atoms with Gasteiger partial charge < -0.3 is 19.2 Å². The Balaban J connectivity index is 5.30. The lowest BCUT2D eigenvalue weighted by atomic mass is 9.67. The summed E-state index contributed by atoms with van der Waals surface area (Å²) < 4.78 is 17.6. The van der Waals surface area contributed by atoms with Crippen molar-refractivity contribution in [2.45, 2.75) is 119 Å². The van der Waals surface area contributed by atoms with Gasteiger partial charge in [-0.15, -0.1) is 0 Å². The second-order valence-corrected chi connectivity index (χ2v) is 11.9. The summed E-state index contributed by atoms with van der Waals surface area (Å²) in [4.78, 5) is 0. The van der Waals surface area contributed by atoms with Gasteiger partial charge in [0, 0.05) is 7.11 Å². The highest BCUT2D eigenvalue weighted by atomic mass is 16.7. The van der Waals surface area contributed by atoms with Gasteiger partial charge in [-0.25, -0.2) is 0 Å². The van der Waals surface area contributed by atoms with Crippen molar-refractivity contribution in [1.29, 1.82) is 0 Å². The van der Waals surface area contributed by atoms with E-state index in [1.54, 1.807) is 20.7 Å². The van der Waals surface area contributed by atoms with E-state index in [-0.39, 0.29) is 17.6 Å². The van der Waals surface area contributed by atoms with Crippen LogP contribution in [0.1, 0.15) is 102 Å². The summed E-state index contributed by atoms with van der Waals surface area (Å²) in [6.45, 7) is 23.8. The first kappa shape index (κ1) is 31.4. The smallest absolute Gasteiger partial charge is 0.330 e. The molecule has 0 bridgehead atoms. The number of hydrogen-bond acceptors (Lipinski definition) is 4. The van der Waals surface area contributed by atoms with Crippen LogP contribution in [0.15, 0.2) is 23.7 Å². The average Bonchev–Trinajstić information content (AvgIpc) is 2.68. The molecule has 32 heavy (non-hydrogen) atoms. The van der Waals surface area contributed by atoms with E-state index in [9.17, 15) is 5.11 Å². The van der Waals surface area contributed by atoms with E-state index in [2.05, 4.69) is 53.7 Å². The maximum atomic E-state index is 9.50. The molecule has 4 nitrogen and oxygen atoms in total. The molecule has 1 N–H and O–H groups in total. The van der Waals surface area contributed by atoms with Gasteiger partial charge in [0.15, 0.2) is 6.29 Å². The fourth-order valence-electron chi connectivity index (χ4n) is 3.48. The van der Waals surface area contributed by atoms with E-state index in [0.29, 0.717) is 11.3 Å². The van der Waals surface area contributed by atoms with Gasteiger partial charge >= 0.3 is 7.48 Å². The molecule has 0 heterocycles. The van der Waals surface area contributed by atoms with Gasteiger partial charge in [-0.1, -0.05) is 78.1 Å². The maximum absolute atomic E-state index is 9.50. The van der Waals surface area contributed by atoms with Crippen molar-refractivity contribution in [1.82, 2.24) is 0 Å². The number of aliphatic hydroxyl groups excluding tert-OH is 1. The van der Waals surface area contributed by atoms with Gasteiger partial charge in [0.05, 0.1) is 17.8 Å². The van der Waals surface area contributed by atoms with Crippen LogP contribution in [0, 0.1) is 16.7 Å². The van der Waals surface area contributed by atoms with E-state index in [1.807, 2.05) is 34.6 Å². The summed E-state index contributed by atoms with van der Waals surface area (Å²) >= 11 is 0. The first-order valence-electron chi connectivity index (χ1n) is 12.2. The molecule has 0 aromatic heterocycles. The molecule has 0 saturated heterocycles. The van der Waals surface area contributed by atoms with Crippen LogP contribution in [0.25, 0.3) is 0 Å². The third kappa shape index (κ3) is 12.0. The van der Waals surface area contributed by atoms with Gasteiger partial charge in [-0.3, -0.25) is 0 Å². The molecule has 0 fully saturated rings. The predicted molar refractivity (Wildman–Crippen MR) is 138 cm³/mol. The number of methoxy groups -OCH3 is 1. The minimum Gasteiger partial charge on any atom is -0.425 e. The molecule has 0 amide bonds. The minimum absolute atomic E-state index is 0.0428. The molecule has 0 aromatic carbocycles. The van der Waals surface area contributed by atoms with Crippen LogP contribution < -0.4 is 0 Å². The third-order valence-corrected chi connectivity index (χ3v) is 6.57. The first-order chi connectivity index (χ1) is 14.5. The monoisotopic (exact) mass is 451 g/mol. The number of allylic oxidation sites excluding steroid dienone is 3. The van der Waals surface area contributed by atoms with Gasteiger partial charge in [0.1, 0.15) is 0 Å². The molecule has 0 spiro atoms. The normalized spacial score (nSPS) is 16.5. The summed E-state index contributed by atoms with van der Waals surface area (Å²) in [5.74, 6) is 0.587. The van der Waals surface area contributed by atoms with Crippen LogP contribution in [-0.2, 0) is 14.1 Å². The fraction of sp³-hybridized carbons (Fsp3) is 0.852. The Labute approximate surface area is 200 Å². The molecule has 0 saturated carbocycles. The van der Waals surface area contributed by atoms with E-state index in [1.165, 1.54) is 12.8 Å². The largest absolute Gasteiger partial charge is 0.425 e. The standard InChI is InChI=1S/C27H52BO4/c1-13-25(6,7)20-21(26(8,9)14-2)16-15-17-22(18-19-29)28-32-27(10,11)23(30-12)31-24(3,4)5/h15,17-18,21,23,29H,13-14,16,19-20H2,1-12H3/b17-15-,22-18+. The molecule has 5 heteroatoms. The first-order valence-corrected chi connectivity index (χ1v) is 12.2. The van der Waals surface area contributed by atoms with Crippen molar-refractivity contribution in [3.8, 4) is 0 Å². The topological polar surface area (TPSA) is 47.9 Å². The zero-order valence-corrected chi connectivity index (χ0v) is 23.2. The molecule has 2 unspecified atom stereocenters. The Morgan fingerprint density at radius 2 is 1.56 bits per heavy atom. The highest BCUT2D eigenvalue weighted by Crippen LogP contribution is 2.42. The van der Waals surface area contributed by atoms with E-state index in [0.717, 1.165) is 18.3 Å². The number of rotatable bonds is 15. The highest BCUT2D eigenvalue weighted by molar-refractivity contribution is 6.39. The quantitative estimate of drug-likeness (QED) is 0.167. The molecule has 0 rings (SSSR count). The summed E-state index contributed by atoms with van der Waals surface area (Å²) in [6.07, 6.45) is 10.0. The van der Waals surface area contributed by atoms with Crippen LogP contribution in [0.5, 0.6) is 0 Å². The van der Waals surface area contributed by atoms with Crippen molar-refractivity contribution in [3.63, 3.8) is 0 Å². The second kappa shape index (κ2) is 13.3. The Morgan fingerprint density at radius 3 is 2.00 bits per heavy atom. The average molecular weight is 452 g/mol. The molecule has 1 radical (unpaired) electrons.